The number of ether oxygens (including phenoxy) is 1. The molecule has 0 saturated heterocycles. The summed E-state index contributed by atoms with van der Waals surface area (Å²) in [5.41, 5.74) is 3.95. The molecule has 6 heteroatoms. The number of thiazole rings is 1. The van der Waals surface area contributed by atoms with Crippen molar-refractivity contribution in [3.05, 3.63) is 83.7 Å². The van der Waals surface area contributed by atoms with Crippen LogP contribution in [0.25, 0.3) is 10.2 Å². The van der Waals surface area contributed by atoms with Crippen molar-refractivity contribution in [2.45, 2.75) is 20.4 Å². The summed E-state index contributed by atoms with van der Waals surface area (Å²) in [5, 5.41) is 0.650. The summed E-state index contributed by atoms with van der Waals surface area (Å²) >= 11 is 1.50. The highest BCUT2D eigenvalue weighted by Gasteiger charge is 2.21. The van der Waals surface area contributed by atoms with Crippen LogP contribution in [0.1, 0.15) is 16.8 Å². The average Bonchev–Trinajstić information content (AvgIpc) is 3.17. The molecule has 0 aliphatic rings. The zero-order chi connectivity index (χ0) is 20.2. The SMILES string of the molecule is Cc1ccc(OCC(=O)N(Cc2ccccn2)c2nc3c(C)cccc3s2)cc1. The van der Waals surface area contributed by atoms with Crippen LogP contribution in [0.4, 0.5) is 5.13 Å². The second kappa shape index (κ2) is 8.41. The van der Waals surface area contributed by atoms with Gasteiger partial charge in [-0.15, -0.1) is 0 Å². The number of pyridine rings is 1. The summed E-state index contributed by atoms with van der Waals surface area (Å²) in [6.45, 7) is 4.32. The zero-order valence-corrected chi connectivity index (χ0v) is 17.1. The Balaban J connectivity index is 1.60. The Morgan fingerprint density at radius 3 is 2.59 bits per heavy atom. The van der Waals surface area contributed by atoms with E-state index >= 15 is 0 Å². The Morgan fingerprint density at radius 2 is 1.86 bits per heavy atom. The van der Waals surface area contributed by atoms with Gasteiger partial charge in [0.2, 0.25) is 0 Å². The van der Waals surface area contributed by atoms with Gasteiger partial charge in [-0.2, -0.15) is 0 Å². The van der Waals surface area contributed by atoms with Crippen molar-refractivity contribution in [2.24, 2.45) is 0 Å². The lowest BCUT2D eigenvalue weighted by atomic mass is 10.2. The number of hydrogen-bond acceptors (Lipinski definition) is 5. The maximum atomic E-state index is 13.1. The second-order valence-electron chi connectivity index (χ2n) is 6.82. The van der Waals surface area contributed by atoms with Gasteiger partial charge >= 0.3 is 0 Å². The van der Waals surface area contributed by atoms with Gasteiger partial charge in [0.25, 0.3) is 5.91 Å². The Hall–Kier alpha value is -3.25. The molecule has 0 N–H and O–H groups in total. The van der Waals surface area contributed by atoms with E-state index in [2.05, 4.69) is 4.98 Å². The Labute approximate surface area is 173 Å². The predicted octanol–water partition coefficient (Wildman–Crippen LogP) is 4.92. The van der Waals surface area contributed by atoms with E-state index in [1.54, 1.807) is 11.1 Å². The minimum Gasteiger partial charge on any atom is -0.484 e. The summed E-state index contributed by atoms with van der Waals surface area (Å²) in [5.74, 6) is 0.509. The molecule has 5 nitrogen and oxygen atoms in total. The number of aromatic nitrogens is 2. The summed E-state index contributed by atoms with van der Waals surface area (Å²) in [7, 11) is 0. The zero-order valence-electron chi connectivity index (χ0n) is 16.3. The van der Waals surface area contributed by atoms with Crippen molar-refractivity contribution in [3.8, 4) is 5.75 Å². The number of amides is 1. The highest BCUT2D eigenvalue weighted by Crippen LogP contribution is 2.31. The standard InChI is InChI=1S/C23H21N3O2S/c1-16-9-11-19(12-10-16)28-15-21(27)26(14-18-7-3-4-13-24-18)23-25-22-17(2)6-5-8-20(22)29-23/h3-13H,14-15H2,1-2H3. The van der Waals surface area contributed by atoms with Gasteiger partial charge in [-0.1, -0.05) is 47.2 Å². The normalized spacial score (nSPS) is 10.8. The number of fused-ring (bicyclic) bond motifs is 1. The Bertz CT molecular complexity index is 1120. The molecular weight excluding hydrogens is 382 g/mol. The smallest absolute Gasteiger partial charge is 0.267 e. The van der Waals surface area contributed by atoms with E-state index in [0.717, 1.165) is 27.0 Å². The topological polar surface area (TPSA) is 55.3 Å². The van der Waals surface area contributed by atoms with Crippen LogP contribution < -0.4 is 9.64 Å². The van der Waals surface area contributed by atoms with Crippen LogP contribution in [0.3, 0.4) is 0 Å². The molecule has 0 spiro atoms. The third-order valence-corrected chi connectivity index (χ3v) is 5.61. The molecule has 4 rings (SSSR count). The fourth-order valence-corrected chi connectivity index (χ4v) is 4.02. The van der Waals surface area contributed by atoms with Crippen molar-refractivity contribution in [1.82, 2.24) is 9.97 Å². The average molecular weight is 404 g/mol. The maximum absolute atomic E-state index is 13.1. The summed E-state index contributed by atoms with van der Waals surface area (Å²) in [6.07, 6.45) is 1.73. The minimum atomic E-state index is -0.159. The molecule has 0 radical (unpaired) electrons. The van der Waals surface area contributed by atoms with Gasteiger partial charge in [0.05, 0.1) is 22.5 Å². The molecule has 2 aromatic carbocycles. The number of anilines is 1. The van der Waals surface area contributed by atoms with Crippen molar-refractivity contribution in [2.75, 3.05) is 11.5 Å². The summed E-state index contributed by atoms with van der Waals surface area (Å²) in [6, 6.07) is 19.4. The van der Waals surface area contributed by atoms with E-state index in [4.69, 9.17) is 9.72 Å². The van der Waals surface area contributed by atoms with E-state index in [1.165, 1.54) is 11.3 Å². The maximum Gasteiger partial charge on any atom is 0.267 e. The van der Waals surface area contributed by atoms with Crippen molar-refractivity contribution < 1.29 is 9.53 Å². The number of aryl methyl sites for hydroxylation is 2. The molecule has 0 aliphatic heterocycles. The van der Waals surface area contributed by atoms with E-state index in [0.29, 0.717) is 17.4 Å². The lowest BCUT2D eigenvalue weighted by molar-refractivity contribution is -0.120. The molecule has 146 valence electrons. The number of rotatable bonds is 6. The molecule has 0 unspecified atom stereocenters. The summed E-state index contributed by atoms with van der Waals surface area (Å²) < 4.78 is 6.78. The first-order valence-electron chi connectivity index (χ1n) is 9.36. The molecule has 29 heavy (non-hydrogen) atoms. The van der Waals surface area contributed by atoms with Crippen LogP contribution in [-0.4, -0.2) is 22.5 Å². The van der Waals surface area contributed by atoms with Gasteiger partial charge in [-0.05, 0) is 49.7 Å². The number of para-hydroxylation sites is 1. The molecule has 0 saturated carbocycles. The van der Waals surface area contributed by atoms with Gasteiger partial charge in [0.15, 0.2) is 11.7 Å². The summed E-state index contributed by atoms with van der Waals surface area (Å²) in [4.78, 5) is 23.8. The first-order chi connectivity index (χ1) is 14.1. The number of nitrogens with zero attached hydrogens (tertiary/aromatic N) is 3. The quantitative estimate of drug-likeness (QED) is 0.458. The molecule has 2 aromatic heterocycles. The van der Waals surface area contributed by atoms with Crippen LogP contribution in [-0.2, 0) is 11.3 Å². The second-order valence-corrected chi connectivity index (χ2v) is 7.83. The van der Waals surface area contributed by atoms with Crippen molar-refractivity contribution in [1.29, 1.82) is 0 Å². The number of hydrogen-bond donors (Lipinski definition) is 0. The van der Waals surface area contributed by atoms with E-state index in [-0.39, 0.29) is 12.5 Å². The molecule has 1 amide bonds. The van der Waals surface area contributed by atoms with Gasteiger partial charge in [-0.25, -0.2) is 4.98 Å². The van der Waals surface area contributed by atoms with E-state index in [1.807, 2.05) is 74.5 Å². The third-order valence-electron chi connectivity index (χ3n) is 4.57. The number of carbonyl (C=O) groups is 1. The van der Waals surface area contributed by atoms with Crippen molar-refractivity contribution >= 4 is 32.6 Å². The lowest BCUT2D eigenvalue weighted by Gasteiger charge is -2.19. The largest absolute Gasteiger partial charge is 0.484 e. The molecular formula is C23H21N3O2S. The first kappa shape index (κ1) is 19.1. The number of carbonyl (C=O) groups excluding carboxylic acids is 1. The van der Waals surface area contributed by atoms with Crippen molar-refractivity contribution in [3.63, 3.8) is 0 Å². The number of benzene rings is 2. The fourth-order valence-electron chi connectivity index (χ4n) is 2.96. The molecule has 0 bridgehead atoms. The fraction of sp³-hybridized carbons (Fsp3) is 0.174. The van der Waals surface area contributed by atoms with E-state index in [9.17, 15) is 4.79 Å². The van der Waals surface area contributed by atoms with Crippen LogP contribution in [0.15, 0.2) is 66.9 Å². The molecule has 2 heterocycles. The van der Waals surface area contributed by atoms with Crippen LogP contribution in [0.2, 0.25) is 0 Å². The molecule has 4 aromatic rings. The molecule has 0 atom stereocenters. The predicted molar refractivity (Wildman–Crippen MR) is 116 cm³/mol. The first-order valence-corrected chi connectivity index (χ1v) is 10.2. The third kappa shape index (κ3) is 4.43. The molecule has 0 aliphatic carbocycles. The minimum absolute atomic E-state index is 0.0647. The van der Waals surface area contributed by atoms with Gasteiger partial charge in [0, 0.05) is 6.20 Å². The van der Waals surface area contributed by atoms with Gasteiger partial charge in [-0.3, -0.25) is 14.7 Å². The van der Waals surface area contributed by atoms with E-state index < -0.39 is 0 Å². The Morgan fingerprint density at radius 1 is 1.03 bits per heavy atom. The van der Waals surface area contributed by atoms with Crippen LogP contribution in [0.5, 0.6) is 5.75 Å². The highest BCUT2D eigenvalue weighted by molar-refractivity contribution is 7.22. The van der Waals surface area contributed by atoms with Crippen LogP contribution >= 0.6 is 11.3 Å². The molecule has 0 fully saturated rings. The van der Waals surface area contributed by atoms with Gasteiger partial charge < -0.3 is 4.74 Å². The lowest BCUT2D eigenvalue weighted by Crippen LogP contribution is -2.34. The van der Waals surface area contributed by atoms with Crippen LogP contribution in [0, 0.1) is 13.8 Å². The Kier molecular flexibility index (Phi) is 5.53. The monoisotopic (exact) mass is 403 g/mol. The van der Waals surface area contributed by atoms with Gasteiger partial charge in [0.1, 0.15) is 5.75 Å². The highest BCUT2D eigenvalue weighted by atomic mass is 32.1.